The second-order valence-corrected chi connectivity index (χ2v) is 8.77. The van der Waals surface area contributed by atoms with E-state index in [9.17, 15) is 22.8 Å². The third-order valence-electron chi connectivity index (χ3n) is 5.54. The number of rotatable bonds is 6. The number of nitrogens with one attached hydrogen (secondary N) is 2. The zero-order valence-corrected chi connectivity index (χ0v) is 17.5. The zero-order valence-electron chi connectivity index (χ0n) is 17.5. The average Bonchev–Trinajstić information content (AvgIpc) is 2.65. The van der Waals surface area contributed by atoms with Gasteiger partial charge in [-0.05, 0) is 49.3 Å². The molecule has 3 rings (SSSR count). The maximum atomic E-state index is 14.0. The van der Waals surface area contributed by atoms with Crippen LogP contribution in [0, 0.1) is 28.8 Å². The normalized spacial score (nSPS) is 17.4. The number of pyridine rings is 1. The minimum atomic E-state index is -0.936. The van der Waals surface area contributed by atoms with Gasteiger partial charge in [-0.25, -0.2) is 13.2 Å². The predicted octanol–water partition coefficient (Wildman–Crippen LogP) is 3.49. The van der Waals surface area contributed by atoms with Crippen LogP contribution in [0.25, 0.3) is 0 Å². The van der Waals surface area contributed by atoms with E-state index in [0.29, 0.717) is 18.9 Å². The van der Waals surface area contributed by atoms with Crippen LogP contribution in [0.2, 0.25) is 0 Å². The van der Waals surface area contributed by atoms with Crippen molar-refractivity contribution in [3.63, 3.8) is 0 Å². The topological polar surface area (TPSA) is 97.1 Å². The average molecular weight is 434 g/mol. The molecule has 2 amide bonds. The van der Waals surface area contributed by atoms with Crippen molar-refractivity contribution in [2.24, 2.45) is 11.3 Å². The Labute approximate surface area is 178 Å². The summed E-state index contributed by atoms with van der Waals surface area (Å²) in [5, 5.41) is 5.28. The van der Waals surface area contributed by atoms with Gasteiger partial charge in [0.05, 0.1) is 23.5 Å². The van der Waals surface area contributed by atoms with Crippen molar-refractivity contribution in [3.8, 4) is 0 Å². The molecule has 4 N–H and O–H groups in total. The Hall–Kier alpha value is -3.10. The summed E-state index contributed by atoms with van der Waals surface area (Å²) < 4.78 is 40.7. The lowest BCUT2D eigenvalue weighted by Gasteiger charge is -2.46. The van der Waals surface area contributed by atoms with Crippen LogP contribution in [0.4, 0.5) is 18.9 Å². The number of anilines is 1. The lowest BCUT2D eigenvalue weighted by atomic mass is 9.62. The number of nitrogens with zero attached hydrogens (tertiary/aromatic N) is 1. The molecule has 1 saturated carbocycles. The highest BCUT2D eigenvalue weighted by Crippen LogP contribution is 2.46. The van der Waals surface area contributed by atoms with Gasteiger partial charge in [0.25, 0.3) is 5.91 Å². The van der Waals surface area contributed by atoms with Crippen LogP contribution in [0.15, 0.2) is 30.5 Å². The first kappa shape index (κ1) is 22.6. The Morgan fingerprint density at radius 2 is 1.81 bits per heavy atom. The van der Waals surface area contributed by atoms with E-state index in [0.717, 1.165) is 18.3 Å². The van der Waals surface area contributed by atoms with Gasteiger partial charge in [-0.15, -0.1) is 0 Å². The van der Waals surface area contributed by atoms with E-state index < -0.39 is 41.3 Å². The molecule has 31 heavy (non-hydrogen) atoms. The molecular weight excluding hydrogens is 409 g/mol. The van der Waals surface area contributed by atoms with Crippen LogP contribution >= 0.6 is 0 Å². The number of carbonyl (C=O) groups is 2. The molecule has 1 aliphatic carbocycles. The third-order valence-corrected chi connectivity index (χ3v) is 5.54. The van der Waals surface area contributed by atoms with Crippen molar-refractivity contribution >= 4 is 17.5 Å². The van der Waals surface area contributed by atoms with Gasteiger partial charge in [-0.1, -0.05) is 13.8 Å². The van der Waals surface area contributed by atoms with Gasteiger partial charge in [-0.2, -0.15) is 0 Å². The molecule has 1 fully saturated rings. The molecule has 1 unspecified atom stereocenters. The highest BCUT2D eigenvalue weighted by Gasteiger charge is 2.44. The van der Waals surface area contributed by atoms with Gasteiger partial charge >= 0.3 is 0 Å². The lowest BCUT2D eigenvalue weighted by molar-refractivity contribution is -0.127. The van der Waals surface area contributed by atoms with Gasteiger partial charge < -0.3 is 16.4 Å². The monoisotopic (exact) mass is 434 g/mol. The van der Waals surface area contributed by atoms with Crippen LogP contribution < -0.4 is 16.4 Å². The summed E-state index contributed by atoms with van der Waals surface area (Å²) in [6, 6.07) is 2.30. The number of nitrogen functional groups attached to an aromatic ring is 1. The van der Waals surface area contributed by atoms with Gasteiger partial charge in [0.2, 0.25) is 5.91 Å². The standard InChI is InChI=1S/C22H25F3N4O2/c1-11(18-16(25)7-14(24)10-27-18)28-21(31)19(12-8-22(2,3)9-12)29-20(30)15-6-13(23)4-5-17(15)26/h4-7,10-12,19H,8-9,26H2,1-3H3,(H,28,31)(H,29,30)/t11-,19?/m1/s1. The molecule has 0 radical (unpaired) electrons. The minimum absolute atomic E-state index is 0.0159. The molecule has 0 spiro atoms. The highest BCUT2D eigenvalue weighted by molar-refractivity contribution is 6.01. The van der Waals surface area contributed by atoms with E-state index >= 15 is 0 Å². The van der Waals surface area contributed by atoms with Crippen LogP contribution in [-0.4, -0.2) is 22.8 Å². The lowest BCUT2D eigenvalue weighted by Crippen LogP contribution is -2.56. The summed E-state index contributed by atoms with van der Waals surface area (Å²) >= 11 is 0. The van der Waals surface area contributed by atoms with Crippen LogP contribution in [0.5, 0.6) is 0 Å². The molecule has 1 aromatic carbocycles. The molecule has 0 aliphatic heterocycles. The number of halogens is 3. The number of carbonyl (C=O) groups excluding carboxylic acids is 2. The van der Waals surface area contributed by atoms with E-state index in [1.165, 1.54) is 13.0 Å². The molecule has 0 bridgehead atoms. The molecule has 0 saturated heterocycles. The number of nitrogens with two attached hydrogens (primary N) is 1. The first-order chi connectivity index (χ1) is 14.5. The van der Waals surface area contributed by atoms with E-state index in [1.807, 2.05) is 13.8 Å². The van der Waals surface area contributed by atoms with Crippen LogP contribution in [-0.2, 0) is 4.79 Å². The highest BCUT2D eigenvalue weighted by atomic mass is 19.1. The summed E-state index contributed by atoms with van der Waals surface area (Å²) in [5.41, 5.74) is 5.69. The predicted molar refractivity (Wildman–Crippen MR) is 109 cm³/mol. The largest absolute Gasteiger partial charge is 0.398 e. The van der Waals surface area contributed by atoms with Gasteiger partial charge in [0.1, 0.15) is 23.5 Å². The summed E-state index contributed by atoms with van der Waals surface area (Å²) in [5.74, 6) is -3.72. The number of hydrogen-bond donors (Lipinski definition) is 3. The summed E-state index contributed by atoms with van der Waals surface area (Å²) in [4.78, 5) is 29.5. The summed E-state index contributed by atoms with van der Waals surface area (Å²) in [6.07, 6.45) is 2.23. The third kappa shape index (κ3) is 5.15. The second-order valence-electron chi connectivity index (χ2n) is 8.77. The molecule has 1 heterocycles. The molecule has 6 nitrogen and oxygen atoms in total. The number of hydrogen-bond acceptors (Lipinski definition) is 4. The first-order valence-electron chi connectivity index (χ1n) is 9.94. The van der Waals surface area contributed by atoms with Gasteiger partial charge in [0, 0.05) is 11.8 Å². The smallest absolute Gasteiger partial charge is 0.254 e. The fourth-order valence-corrected chi connectivity index (χ4v) is 4.05. The molecule has 2 aromatic rings. The SMILES string of the molecule is C[C@@H](NC(=O)C(NC(=O)c1cc(F)ccc1N)C1CC(C)(C)C1)c1ncc(F)cc1F. The van der Waals surface area contributed by atoms with E-state index in [4.69, 9.17) is 5.73 Å². The minimum Gasteiger partial charge on any atom is -0.398 e. The molecule has 9 heteroatoms. The van der Waals surface area contributed by atoms with Gasteiger partial charge in [0.15, 0.2) is 0 Å². The second kappa shape index (κ2) is 8.56. The van der Waals surface area contributed by atoms with E-state index in [1.54, 1.807) is 0 Å². The quantitative estimate of drug-likeness (QED) is 0.607. The summed E-state index contributed by atoms with van der Waals surface area (Å²) in [7, 11) is 0. The maximum Gasteiger partial charge on any atom is 0.254 e. The van der Waals surface area contributed by atoms with Crippen molar-refractivity contribution in [3.05, 3.63) is 59.2 Å². The molecule has 2 atom stereocenters. The Morgan fingerprint density at radius 3 is 2.42 bits per heavy atom. The molecule has 1 aromatic heterocycles. The van der Waals surface area contributed by atoms with Crippen molar-refractivity contribution in [2.75, 3.05) is 5.73 Å². The van der Waals surface area contributed by atoms with E-state index in [-0.39, 0.29) is 28.3 Å². The maximum absolute atomic E-state index is 14.0. The van der Waals surface area contributed by atoms with Crippen molar-refractivity contribution in [2.45, 2.75) is 45.7 Å². The summed E-state index contributed by atoms with van der Waals surface area (Å²) in [6.45, 7) is 5.60. The first-order valence-corrected chi connectivity index (χ1v) is 9.94. The Balaban J connectivity index is 1.79. The fourth-order valence-electron chi connectivity index (χ4n) is 4.05. The molecule has 166 valence electrons. The Bertz CT molecular complexity index is 1000. The molecule has 1 aliphatic rings. The van der Waals surface area contributed by atoms with Crippen molar-refractivity contribution in [1.29, 1.82) is 0 Å². The Morgan fingerprint density at radius 1 is 1.13 bits per heavy atom. The van der Waals surface area contributed by atoms with Crippen molar-refractivity contribution in [1.82, 2.24) is 15.6 Å². The van der Waals surface area contributed by atoms with E-state index in [2.05, 4.69) is 15.6 Å². The van der Waals surface area contributed by atoms with Gasteiger partial charge in [-0.3, -0.25) is 14.6 Å². The fraction of sp³-hybridized carbons (Fsp3) is 0.409. The number of amides is 2. The van der Waals surface area contributed by atoms with Crippen molar-refractivity contribution < 1.29 is 22.8 Å². The number of benzene rings is 1. The molecular formula is C22H25F3N4O2. The Kier molecular flexibility index (Phi) is 6.24. The zero-order chi connectivity index (χ0) is 22.9. The van der Waals surface area contributed by atoms with Crippen LogP contribution in [0.3, 0.4) is 0 Å². The van der Waals surface area contributed by atoms with Crippen LogP contribution in [0.1, 0.15) is 55.7 Å². The number of aromatic nitrogens is 1.